The number of benzene rings is 7. The molecule has 0 bridgehead atoms. The molecule has 10 aromatic rings. The van der Waals surface area contributed by atoms with E-state index in [0.717, 1.165) is 56.1 Å². The number of pyridine rings is 1. The summed E-state index contributed by atoms with van der Waals surface area (Å²) in [5, 5.41) is 2.33. The number of rotatable bonds is 7. The molecular formula is C72H80N4O. The van der Waals surface area contributed by atoms with Crippen molar-refractivity contribution in [1.29, 1.82) is 0 Å². The number of aromatic nitrogens is 4. The number of para-hydroxylation sites is 3. The van der Waals surface area contributed by atoms with Gasteiger partial charge in [0.15, 0.2) is 0 Å². The van der Waals surface area contributed by atoms with Crippen LogP contribution in [0.3, 0.4) is 0 Å². The third kappa shape index (κ3) is 10.4. The molecule has 0 atom stereocenters. The summed E-state index contributed by atoms with van der Waals surface area (Å²) in [5.41, 5.74) is 18.3. The molecule has 394 valence electrons. The molecule has 0 amide bonds. The Bertz CT molecular complexity index is 3730. The van der Waals surface area contributed by atoms with E-state index in [0.29, 0.717) is 0 Å². The first-order chi connectivity index (χ1) is 35.9. The number of ether oxygens (including phenoxy) is 1. The molecule has 3 heterocycles. The zero-order valence-corrected chi connectivity index (χ0v) is 49.2. The lowest BCUT2D eigenvalue weighted by atomic mass is 9.76. The standard InChI is InChI=1S/C72H80N4O/c1-67(2,3)48-32-33-73-65(42-48)76-61-27-20-19-26-57(61)58-31-30-56(44-64(58)76)77-55-25-23-24-54(43-55)74-45-75(63-29-22-21-28-62(63)74)66-59(46-34-49(68(4,5)6)38-50(35-46)69(7,8)9)40-53(72(16,17)18)41-60(66)47-36-51(70(10,11)12)39-52(37-47)71(13,14)15/h19-44H,1-18H3. The quantitative estimate of drug-likeness (QED) is 0.118. The molecule has 0 spiro atoms. The van der Waals surface area contributed by atoms with E-state index in [9.17, 15) is 0 Å². The summed E-state index contributed by atoms with van der Waals surface area (Å²) < 4.78 is 13.7. The van der Waals surface area contributed by atoms with Gasteiger partial charge in [0, 0.05) is 23.0 Å². The summed E-state index contributed by atoms with van der Waals surface area (Å²) in [6.07, 6.45) is 5.95. The maximum absolute atomic E-state index is 6.90. The smallest absolute Gasteiger partial charge is 0.269 e. The average molecular weight is 1020 g/mol. The third-order valence-electron chi connectivity index (χ3n) is 15.5. The fourth-order valence-electron chi connectivity index (χ4n) is 10.6. The van der Waals surface area contributed by atoms with Crippen LogP contribution in [0.5, 0.6) is 11.5 Å². The van der Waals surface area contributed by atoms with Gasteiger partial charge in [-0.2, -0.15) is 0 Å². The normalized spacial score (nSPS) is 13.1. The molecule has 5 nitrogen and oxygen atoms in total. The van der Waals surface area contributed by atoms with Crippen molar-refractivity contribution in [2.45, 2.75) is 157 Å². The number of fused-ring (bicyclic) bond motifs is 4. The van der Waals surface area contributed by atoms with Gasteiger partial charge in [-0.1, -0.05) is 222 Å². The Labute approximate surface area is 459 Å². The Morgan fingerprint density at radius 2 is 0.883 bits per heavy atom. The average Bonchev–Trinajstić information content (AvgIpc) is 4.12. The Balaban J connectivity index is 1.20. The highest BCUT2D eigenvalue weighted by Crippen LogP contribution is 2.44. The van der Waals surface area contributed by atoms with Crippen LogP contribution in [0.25, 0.3) is 72.3 Å². The highest BCUT2D eigenvalue weighted by molar-refractivity contribution is 6.09. The second kappa shape index (κ2) is 18.7. The van der Waals surface area contributed by atoms with Crippen molar-refractivity contribution < 1.29 is 9.30 Å². The van der Waals surface area contributed by atoms with E-state index in [1.165, 1.54) is 61.0 Å². The van der Waals surface area contributed by atoms with Gasteiger partial charge >= 0.3 is 0 Å². The second-order valence-electron chi connectivity index (χ2n) is 27.8. The molecule has 7 aromatic carbocycles. The summed E-state index contributed by atoms with van der Waals surface area (Å²) in [5.74, 6) is 2.36. The Hall–Kier alpha value is -7.24. The van der Waals surface area contributed by atoms with Crippen molar-refractivity contribution in [3.05, 3.63) is 198 Å². The summed E-state index contributed by atoms with van der Waals surface area (Å²) in [6, 6.07) is 56.1. The highest BCUT2D eigenvalue weighted by Gasteiger charge is 2.29. The van der Waals surface area contributed by atoms with Crippen LogP contribution in [0, 0.1) is 6.33 Å². The fourth-order valence-corrected chi connectivity index (χ4v) is 10.6. The van der Waals surface area contributed by atoms with Crippen molar-refractivity contribution in [2.24, 2.45) is 0 Å². The minimum Gasteiger partial charge on any atom is -0.458 e. The molecule has 0 aliphatic rings. The van der Waals surface area contributed by atoms with Crippen molar-refractivity contribution in [3.8, 4) is 50.9 Å². The zero-order valence-electron chi connectivity index (χ0n) is 49.2. The van der Waals surface area contributed by atoms with Gasteiger partial charge in [0.1, 0.15) is 17.3 Å². The fraction of sp³-hybridized carbons (Fsp3) is 0.333. The third-order valence-corrected chi connectivity index (χ3v) is 15.5. The minimum absolute atomic E-state index is 0.0264. The van der Waals surface area contributed by atoms with Crippen LogP contribution in [0.2, 0.25) is 0 Å². The Morgan fingerprint density at radius 3 is 1.43 bits per heavy atom. The van der Waals surface area contributed by atoms with Crippen LogP contribution in [0.4, 0.5) is 0 Å². The molecule has 0 unspecified atom stereocenters. The molecule has 5 heteroatoms. The molecule has 0 fully saturated rings. The van der Waals surface area contributed by atoms with E-state index in [-0.39, 0.29) is 32.5 Å². The maximum Gasteiger partial charge on any atom is 0.269 e. The van der Waals surface area contributed by atoms with E-state index in [1.807, 2.05) is 12.3 Å². The predicted molar refractivity (Wildman–Crippen MR) is 325 cm³/mol. The molecule has 3 aromatic heterocycles. The maximum atomic E-state index is 6.90. The van der Waals surface area contributed by atoms with Gasteiger partial charge in [-0.25, -0.2) is 4.98 Å². The van der Waals surface area contributed by atoms with Gasteiger partial charge in [0.2, 0.25) is 0 Å². The molecule has 0 N–H and O–H groups in total. The molecule has 77 heavy (non-hydrogen) atoms. The van der Waals surface area contributed by atoms with Gasteiger partial charge in [0.05, 0.1) is 33.4 Å². The number of hydrogen-bond donors (Lipinski definition) is 0. The van der Waals surface area contributed by atoms with E-state index in [2.05, 4.69) is 290 Å². The SMILES string of the molecule is CC(C)(C)c1cc(-c2cc(C(C)(C)C)cc(-c3cc(C(C)(C)C)cc(C(C)(C)C)c3)c2-[n+]2[c-]n(-c3cccc(Oc4ccc5c6ccccc6n(-c6cc(C(C)(C)C)ccn6)c5c4)c3)c3ccccc32)cc(C(C)(C)C)c1. The molecule has 0 aliphatic heterocycles. The first-order valence-electron chi connectivity index (χ1n) is 27.7. The molecule has 0 radical (unpaired) electrons. The van der Waals surface area contributed by atoms with Crippen molar-refractivity contribution in [3.63, 3.8) is 0 Å². The molecule has 10 rings (SSSR count). The van der Waals surface area contributed by atoms with Crippen LogP contribution in [0.1, 0.15) is 158 Å². The lowest BCUT2D eigenvalue weighted by Gasteiger charge is -2.30. The van der Waals surface area contributed by atoms with E-state index < -0.39 is 0 Å². The molecule has 0 saturated heterocycles. The van der Waals surface area contributed by atoms with Crippen molar-refractivity contribution >= 4 is 32.8 Å². The van der Waals surface area contributed by atoms with Gasteiger partial charge in [-0.15, -0.1) is 0 Å². The summed E-state index contributed by atoms with van der Waals surface area (Å²) in [6.45, 7) is 41.8. The number of hydrogen-bond acceptors (Lipinski definition) is 2. The van der Waals surface area contributed by atoms with E-state index in [1.54, 1.807) is 0 Å². The van der Waals surface area contributed by atoms with Gasteiger partial charge < -0.3 is 4.74 Å². The van der Waals surface area contributed by atoms with Gasteiger partial charge in [-0.3, -0.25) is 13.7 Å². The monoisotopic (exact) mass is 1020 g/mol. The van der Waals surface area contributed by atoms with Crippen LogP contribution in [0.15, 0.2) is 158 Å². The van der Waals surface area contributed by atoms with Crippen molar-refractivity contribution in [1.82, 2.24) is 14.1 Å². The van der Waals surface area contributed by atoms with Gasteiger partial charge in [-0.05, 0) is 137 Å². The molecule has 0 saturated carbocycles. The predicted octanol–water partition coefficient (Wildman–Crippen LogP) is 19.1. The Morgan fingerprint density at radius 1 is 0.403 bits per heavy atom. The Kier molecular flexibility index (Phi) is 12.9. The summed E-state index contributed by atoms with van der Waals surface area (Å²) >= 11 is 0. The zero-order chi connectivity index (χ0) is 55.4. The van der Waals surface area contributed by atoms with Crippen LogP contribution in [-0.2, 0) is 32.5 Å². The van der Waals surface area contributed by atoms with Gasteiger partial charge in [0.25, 0.3) is 6.33 Å². The lowest BCUT2D eigenvalue weighted by Crippen LogP contribution is -2.32. The van der Waals surface area contributed by atoms with Crippen LogP contribution < -0.4 is 9.30 Å². The largest absolute Gasteiger partial charge is 0.458 e. The molecule has 0 aliphatic carbocycles. The second-order valence-corrected chi connectivity index (χ2v) is 27.8. The first kappa shape index (κ1) is 53.2. The first-order valence-corrected chi connectivity index (χ1v) is 27.7. The topological polar surface area (TPSA) is 35.9 Å². The van der Waals surface area contributed by atoms with E-state index in [4.69, 9.17) is 9.72 Å². The van der Waals surface area contributed by atoms with Crippen LogP contribution in [-0.4, -0.2) is 14.1 Å². The van der Waals surface area contributed by atoms with Crippen molar-refractivity contribution in [2.75, 3.05) is 0 Å². The highest BCUT2D eigenvalue weighted by atomic mass is 16.5. The minimum atomic E-state index is -0.150. The number of nitrogens with zero attached hydrogens (tertiary/aromatic N) is 4. The van der Waals surface area contributed by atoms with Crippen LogP contribution >= 0.6 is 0 Å². The van der Waals surface area contributed by atoms with E-state index >= 15 is 0 Å². The summed E-state index contributed by atoms with van der Waals surface area (Å²) in [7, 11) is 0. The lowest BCUT2D eigenvalue weighted by molar-refractivity contribution is -0.571. The summed E-state index contributed by atoms with van der Waals surface area (Å²) in [4.78, 5) is 4.93. The number of imidazole rings is 1. The molecular weight excluding hydrogens is 937 g/mol.